The van der Waals surface area contributed by atoms with E-state index in [0.717, 1.165) is 31.5 Å². The summed E-state index contributed by atoms with van der Waals surface area (Å²) in [7, 11) is 0. The number of Topliss-reactive ketones (excluding diaryl/α,β-unsaturated/α-hetero) is 1. The Morgan fingerprint density at radius 1 is 1.12 bits per heavy atom. The molecule has 124 valence electrons. The van der Waals surface area contributed by atoms with E-state index >= 15 is 0 Å². The van der Waals surface area contributed by atoms with E-state index in [1.54, 1.807) is 30.5 Å². The molecule has 1 aromatic carbocycles. The summed E-state index contributed by atoms with van der Waals surface area (Å²) in [6.45, 7) is 3.46. The highest BCUT2D eigenvalue weighted by Crippen LogP contribution is 2.22. The van der Waals surface area contributed by atoms with Gasteiger partial charge in [0.15, 0.2) is 12.4 Å². The van der Waals surface area contributed by atoms with Crippen LogP contribution in [0, 0.1) is 6.92 Å². The summed E-state index contributed by atoms with van der Waals surface area (Å²) < 4.78 is 5.22. The van der Waals surface area contributed by atoms with Crippen LogP contribution in [0.25, 0.3) is 0 Å². The Bertz CT molecular complexity index is 735. The smallest absolute Gasteiger partial charge is 0.342 e. The Hall–Kier alpha value is -2.69. The predicted molar refractivity (Wildman–Crippen MR) is 91.5 cm³/mol. The van der Waals surface area contributed by atoms with Crippen molar-refractivity contribution >= 4 is 17.6 Å². The number of hydrogen-bond donors (Lipinski definition) is 0. The summed E-state index contributed by atoms with van der Waals surface area (Å²) in [6.07, 6.45) is 3.86. The highest BCUT2D eigenvalue weighted by atomic mass is 16.5. The first-order chi connectivity index (χ1) is 11.6. The third kappa shape index (κ3) is 3.62. The number of esters is 1. The quantitative estimate of drug-likeness (QED) is 0.625. The van der Waals surface area contributed by atoms with Crippen molar-refractivity contribution in [3.8, 4) is 0 Å². The SMILES string of the molecule is Cc1ccc(C(=O)COC(=O)c2cccnc2N2CCCC2)cc1. The van der Waals surface area contributed by atoms with Crippen LogP contribution in [-0.2, 0) is 4.74 Å². The minimum absolute atomic E-state index is 0.213. The number of pyridine rings is 1. The van der Waals surface area contributed by atoms with Crippen LogP contribution in [0.5, 0.6) is 0 Å². The van der Waals surface area contributed by atoms with Gasteiger partial charge in [0.05, 0.1) is 0 Å². The van der Waals surface area contributed by atoms with Gasteiger partial charge in [0.25, 0.3) is 0 Å². The number of aromatic nitrogens is 1. The lowest BCUT2D eigenvalue weighted by molar-refractivity contribution is 0.0475. The molecule has 3 rings (SSSR count). The van der Waals surface area contributed by atoms with Gasteiger partial charge in [-0.3, -0.25) is 4.79 Å². The van der Waals surface area contributed by atoms with Gasteiger partial charge in [-0.1, -0.05) is 29.8 Å². The molecule has 0 saturated carbocycles. The Balaban J connectivity index is 1.67. The first kappa shape index (κ1) is 16.2. The van der Waals surface area contributed by atoms with E-state index in [2.05, 4.69) is 9.88 Å². The van der Waals surface area contributed by atoms with Gasteiger partial charge in [-0.05, 0) is 31.9 Å². The molecule has 0 bridgehead atoms. The molecule has 0 radical (unpaired) electrons. The van der Waals surface area contributed by atoms with Crippen molar-refractivity contribution in [3.05, 3.63) is 59.3 Å². The molecule has 1 aromatic heterocycles. The monoisotopic (exact) mass is 324 g/mol. The van der Waals surface area contributed by atoms with Gasteiger partial charge in [0.1, 0.15) is 11.4 Å². The van der Waals surface area contributed by atoms with Gasteiger partial charge in [-0.15, -0.1) is 0 Å². The van der Waals surface area contributed by atoms with Gasteiger partial charge in [-0.25, -0.2) is 9.78 Å². The molecule has 0 spiro atoms. The second-order valence-corrected chi connectivity index (χ2v) is 5.93. The number of ketones is 1. The molecular formula is C19H20N2O3. The Kier molecular flexibility index (Phi) is 4.89. The zero-order chi connectivity index (χ0) is 16.9. The number of anilines is 1. The number of carbonyl (C=O) groups excluding carboxylic acids is 2. The molecule has 1 aliphatic rings. The molecule has 24 heavy (non-hydrogen) atoms. The van der Waals surface area contributed by atoms with E-state index < -0.39 is 5.97 Å². The van der Waals surface area contributed by atoms with Crippen LogP contribution in [0.2, 0.25) is 0 Å². The number of benzene rings is 1. The molecule has 0 aliphatic carbocycles. The summed E-state index contributed by atoms with van der Waals surface area (Å²) in [6, 6.07) is 10.6. The number of ether oxygens (including phenoxy) is 1. The summed E-state index contributed by atoms with van der Waals surface area (Å²) in [5.41, 5.74) is 2.03. The molecule has 2 heterocycles. The second kappa shape index (κ2) is 7.25. The van der Waals surface area contributed by atoms with E-state index in [1.165, 1.54) is 0 Å². The topological polar surface area (TPSA) is 59.5 Å². The third-order valence-corrected chi connectivity index (χ3v) is 4.12. The van der Waals surface area contributed by atoms with Crippen molar-refractivity contribution in [2.45, 2.75) is 19.8 Å². The van der Waals surface area contributed by atoms with E-state index in [4.69, 9.17) is 4.74 Å². The number of aryl methyl sites for hydroxylation is 1. The first-order valence-corrected chi connectivity index (χ1v) is 8.12. The lowest BCUT2D eigenvalue weighted by Crippen LogP contribution is -2.23. The first-order valence-electron chi connectivity index (χ1n) is 8.12. The van der Waals surface area contributed by atoms with Gasteiger partial charge >= 0.3 is 5.97 Å². The standard InChI is InChI=1S/C19H20N2O3/c1-14-6-8-15(9-7-14)17(22)13-24-19(23)16-5-4-10-20-18(16)21-11-2-3-12-21/h4-10H,2-3,11-13H2,1H3. The summed E-state index contributed by atoms with van der Waals surface area (Å²) in [5, 5.41) is 0. The molecule has 0 amide bonds. The molecule has 1 fully saturated rings. The molecule has 2 aromatic rings. The number of carbonyl (C=O) groups is 2. The fourth-order valence-electron chi connectivity index (χ4n) is 2.77. The molecule has 0 N–H and O–H groups in total. The average Bonchev–Trinajstić information content (AvgIpc) is 3.14. The van der Waals surface area contributed by atoms with Crippen molar-refractivity contribution in [3.63, 3.8) is 0 Å². The lowest BCUT2D eigenvalue weighted by atomic mass is 10.1. The van der Waals surface area contributed by atoms with Gasteiger partial charge < -0.3 is 9.64 Å². The fourth-order valence-corrected chi connectivity index (χ4v) is 2.77. The lowest BCUT2D eigenvalue weighted by Gasteiger charge is -2.18. The van der Waals surface area contributed by atoms with Crippen LogP contribution in [0.4, 0.5) is 5.82 Å². The van der Waals surface area contributed by atoms with E-state index in [-0.39, 0.29) is 12.4 Å². The van der Waals surface area contributed by atoms with Gasteiger partial charge in [-0.2, -0.15) is 0 Å². The summed E-state index contributed by atoms with van der Waals surface area (Å²) in [4.78, 5) is 30.9. The molecule has 5 nitrogen and oxygen atoms in total. The normalized spacial score (nSPS) is 13.8. The molecule has 0 atom stereocenters. The Morgan fingerprint density at radius 3 is 2.54 bits per heavy atom. The number of rotatable bonds is 5. The average molecular weight is 324 g/mol. The summed E-state index contributed by atoms with van der Waals surface area (Å²) >= 11 is 0. The van der Waals surface area contributed by atoms with Crippen molar-refractivity contribution in [2.24, 2.45) is 0 Å². The summed E-state index contributed by atoms with van der Waals surface area (Å²) in [5.74, 6) is -0.0804. The van der Waals surface area contributed by atoms with Crippen LogP contribution in [0.3, 0.4) is 0 Å². The zero-order valence-corrected chi connectivity index (χ0v) is 13.7. The number of hydrogen-bond acceptors (Lipinski definition) is 5. The van der Waals surface area contributed by atoms with Crippen LogP contribution in [-0.4, -0.2) is 36.4 Å². The van der Waals surface area contributed by atoms with Crippen molar-refractivity contribution < 1.29 is 14.3 Å². The van der Waals surface area contributed by atoms with Gasteiger partial charge in [0.2, 0.25) is 0 Å². The molecule has 5 heteroatoms. The van der Waals surface area contributed by atoms with Crippen LogP contribution < -0.4 is 4.90 Å². The van der Waals surface area contributed by atoms with Crippen LogP contribution in [0.15, 0.2) is 42.6 Å². The largest absolute Gasteiger partial charge is 0.454 e. The second-order valence-electron chi connectivity index (χ2n) is 5.93. The maximum atomic E-state index is 12.4. The van der Waals surface area contributed by atoms with Gasteiger partial charge in [0, 0.05) is 24.8 Å². The molecular weight excluding hydrogens is 304 g/mol. The fraction of sp³-hybridized carbons (Fsp3) is 0.316. The minimum Gasteiger partial charge on any atom is -0.454 e. The predicted octanol–water partition coefficient (Wildman–Crippen LogP) is 3.03. The molecule has 1 aliphatic heterocycles. The van der Waals surface area contributed by atoms with Crippen LogP contribution in [0.1, 0.15) is 39.1 Å². The molecule has 1 saturated heterocycles. The Labute approximate surface area is 141 Å². The van der Waals surface area contributed by atoms with Crippen LogP contribution >= 0.6 is 0 Å². The number of nitrogens with zero attached hydrogens (tertiary/aromatic N) is 2. The highest BCUT2D eigenvalue weighted by Gasteiger charge is 2.22. The maximum absolute atomic E-state index is 12.4. The third-order valence-electron chi connectivity index (χ3n) is 4.12. The van der Waals surface area contributed by atoms with Crippen molar-refractivity contribution in [1.82, 2.24) is 4.98 Å². The minimum atomic E-state index is -0.509. The molecule has 0 unspecified atom stereocenters. The van der Waals surface area contributed by atoms with E-state index in [0.29, 0.717) is 16.9 Å². The van der Waals surface area contributed by atoms with Crippen molar-refractivity contribution in [2.75, 3.05) is 24.6 Å². The van der Waals surface area contributed by atoms with E-state index in [1.807, 2.05) is 19.1 Å². The maximum Gasteiger partial charge on any atom is 0.342 e. The van der Waals surface area contributed by atoms with Crippen molar-refractivity contribution in [1.29, 1.82) is 0 Å². The van der Waals surface area contributed by atoms with E-state index in [9.17, 15) is 9.59 Å². The zero-order valence-electron chi connectivity index (χ0n) is 13.7. The highest BCUT2D eigenvalue weighted by molar-refractivity contribution is 6.00. The Morgan fingerprint density at radius 2 is 1.83 bits per heavy atom.